The van der Waals surface area contributed by atoms with Gasteiger partial charge < -0.3 is 0 Å². The fourth-order valence-corrected chi connectivity index (χ4v) is 4.08. The van der Waals surface area contributed by atoms with Crippen molar-refractivity contribution in [2.24, 2.45) is 0 Å². The van der Waals surface area contributed by atoms with Gasteiger partial charge in [0.05, 0.1) is 5.52 Å². The second-order valence-corrected chi connectivity index (χ2v) is 6.44. The van der Waals surface area contributed by atoms with E-state index in [2.05, 4.69) is 0 Å². The quantitative estimate of drug-likeness (QED) is 0.834. The van der Waals surface area contributed by atoms with E-state index in [-0.39, 0.29) is 0 Å². The molecule has 2 aromatic rings. The number of nitrogens with zero attached hydrogens (tertiary/aromatic N) is 2. The minimum Gasteiger partial charge on any atom is -0.232 e. The minimum atomic E-state index is -3.40. The Morgan fingerprint density at radius 1 is 0.944 bits per heavy atom. The molecule has 0 aliphatic carbocycles. The number of hydrogen-bond acceptors (Lipinski definition) is 2. The Labute approximate surface area is 107 Å². The molecule has 1 aliphatic rings. The summed E-state index contributed by atoms with van der Waals surface area (Å²) in [5.74, 6) is 0. The van der Waals surface area contributed by atoms with Gasteiger partial charge in [0, 0.05) is 24.7 Å². The molecular weight excluding hydrogens is 248 g/mol. The van der Waals surface area contributed by atoms with Crippen LogP contribution in [0, 0.1) is 0 Å². The summed E-state index contributed by atoms with van der Waals surface area (Å²) in [7, 11) is -3.40. The number of aromatic nitrogens is 1. The van der Waals surface area contributed by atoms with Gasteiger partial charge in [0.15, 0.2) is 0 Å². The molecule has 0 atom stereocenters. The fraction of sp³-hybridized carbons (Fsp3) is 0.385. The molecule has 0 N–H and O–H groups in total. The zero-order chi connectivity index (χ0) is 12.6. The first-order chi connectivity index (χ1) is 8.69. The molecule has 0 bridgehead atoms. The smallest absolute Gasteiger partial charge is 0.232 e. The van der Waals surface area contributed by atoms with Crippen LogP contribution in [-0.4, -0.2) is 29.8 Å². The predicted molar refractivity (Wildman–Crippen MR) is 71.7 cm³/mol. The first-order valence-electron chi connectivity index (χ1n) is 6.26. The zero-order valence-corrected chi connectivity index (χ0v) is 10.9. The molecule has 1 aromatic carbocycles. The summed E-state index contributed by atoms with van der Waals surface area (Å²) in [4.78, 5) is 0. The molecule has 1 aromatic heterocycles. The highest BCUT2D eigenvalue weighted by atomic mass is 32.2. The Hall–Kier alpha value is -1.33. The molecule has 1 aliphatic heterocycles. The maximum absolute atomic E-state index is 12.6. The molecule has 4 nitrogen and oxygen atoms in total. The molecule has 2 heterocycles. The summed E-state index contributed by atoms with van der Waals surface area (Å²) in [6.07, 6.45) is 4.68. The molecule has 1 saturated heterocycles. The second kappa shape index (κ2) is 4.40. The van der Waals surface area contributed by atoms with Crippen LogP contribution in [0.5, 0.6) is 0 Å². The molecule has 0 unspecified atom stereocenters. The molecule has 3 rings (SSSR count). The van der Waals surface area contributed by atoms with Crippen LogP contribution in [0.2, 0.25) is 0 Å². The average Bonchev–Trinajstić information content (AvgIpc) is 2.84. The minimum absolute atomic E-state index is 0.634. The van der Waals surface area contributed by atoms with Crippen molar-refractivity contribution in [3.8, 4) is 0 Å². The van der Waals surface area contributed by atoms with Gasteiger partial charge in [-0.15, -0.1) is 0 Å². The number of piperidine rings is 1. The van der Waals surface area contributed by atoms with E-state index in [1.54, 1.807) is 10.5 Å². The van der Waals surface area contributed by atoms with Crippen molar-refractivity contribution in [3.05, 3.63) is 36.5 Å². The van der Waals surface area contributed by atoms with Crippen LogP contribution in [0.15, 0.2) is 36.5 Å². The molecule has 0 radical (unpaired) electrons. The average molecular weight is 264 g/mol. The Kier molecular flexibility index (Phi) is 2.87. The highest BCUT2D eigenvalue weighted by Gasteiger charge is 2.26. The van der Waals surface area contributed by atoms with Crippen molar-refractivity contribution < 1.29 is 8.42 Å². The highest BCUT2D eigenvalue weighted by Crippen LogP contribution is 2.21. The summed E-state index contributed by atoms with van der Waals surface area (Å²) < 4.78 is 28.1. The normalized spacial score (nSPS) is 18.2. The van der Waals surface area contributed by atoms with Gasteiger partial charge in [-0.05, 0) is 25.0 Å². The molecule has 0 amide bonds. The van der Waals surface area contributed by atoms with Crippen LogP contribution in [-0.2, 0) is 10.2 Å². The maximum atomic E-state index is 12.6. The third-order valence-electron chi connectivity index (χ3n) is 3.45. The Morgan fingerprint density at radius 2 is 1.67 bits per heavy atom. The maximum Gasteiger partial charge on any atom is 0.307 e. The van der Waals surface area contributed by atoms with E-state index in [9.17, 15) is 8.42 Å². The number of hydrogen-bond donors (Lipinski definition) is 0. The van der Waals surface area contributed by atoms with Crippen molar-refractivity contribution in [2.45, 2.75) is 19.3 Å². The van der Waals surface area contributed by atoms with Gasteiger partial charge in [-0.3, -0.25) is 0 Å². The monoisotopic (exact) mass is 264 g/mol. The van der Waals surface area contributed by atoms with Gasteiger partial charge >= 0.3 is 10.2 Å². The lowest BCUT2D eigenvalue weighted by Gasteiger charge is -2.26. The van der Waals surface area contributed by atoms with Gasteiger partial charge in [0.1, 0.15) is 0 Å². The third-order valence-corrected chi connectivity index (χ3v) is 5.29. The number of para-hydroxylation sites is 1. The third kappa shape index (κ3) is 1.83. The fourth-order valence-electron chi connectivity index (χ4n) is 2.48. The lowest BCUT2D eigenvalue weighted by molar-refractivity contribution is 0.343. The molecule has 5 heteroatoms. The molecule has 96 valence electrons. The second-order valence-electron chi connectivity index (χ2n) is 4.64. The molecule has 0 saturated carbocycles. The summed E-state index contributed by atoms with van der Waals surface area (Å²) in [6, 6.07) is 9.40. The van der Waals surface area contributed by atoms with Crippen molar-refractivity contribution in [1.29, 1.82) is 0 Å². The van der Waals surface area contributed by atoms with Crippen molar-refractivity contribution in [2.75, 3.05) is 13.1 Å². The van der Waals surface area contributed by atoms with Gasteiger partial charge in [-0.2, -0.15) is 12.7 Å². The van der Waals surface area contributed by atoms with Gasteiger partial charge in [-0.25, -0.2) is 3.97 Å². The van der Waals surface area contributed by atoms with E-state index in [4.69, 9.17) is 0 Å². The number of fused-ring (bicyclic) bond motifs is 1. The van der Waals surface area contributed by atoms with Crippen LogP contribution in [0.4, 0.5) is 0 Å². The van der Waals surface area contributed by atoms with Gasteiger partial charge in [0.25, 0.3) is 0 Å². The van der Waals surface area contributed by atoms with Gasteiger partial charge in [-0.1, -0.05) is 24.6 Å². The summed E-state index contributed by atoms with van der Waals surface area (Å²) >= 11 is 0. The molecule has 18 heavy (non-hydrogen) atoms. The van der Waals surface area contributed by atoms with E-state index in [1.165, 1.54) is 3.97 Å². The van der Waals surface area contributed by atoms with Crippen LogP contribution in [0.1, 0.15) is 19.3 Å². The van der Waals surface area contributed by atoms with Crippen molar-refractivity contribution in [1.82, 2.24) is 8.28 Å². The van der Waals surface area contributed by atoms with Gasteiger partial charge in [0.2, 0.25) is 0 Å². The highest BCUT2D eigenvalue weighted by molar-refractivity contribution is 7.87. The summed E-state index contributed by atoms with van der Waals surface area (Å²) in [5.41, 5.74) is 0.753. The standard InChI is InChI=1S/C13H16N2O2S/c16-18(17,14-9-4-1-5-10-14)15-11-8-12-6-2-3-7-13(12)15/h2-3,6-8,11H,1,4-5,9-10H2. The number of rotatable bonds is 2. The topological polar surface area (TPSA) is 42.3 Å². The molecular formula is C13H16N2O2S. The van der Waals surface area contributed by atoms with Crippen LogP contribution < -0.4 is 0 Å². The van der Waals surface area contributed by atoms with Crippen LogP contribution >= 0.6 is 0 Å². The zero-order valence-electron chi connectivity index (χ0n) is 10.1. The number of benzene rings is 1. The van der Waals surface area contributed by atoms with Crippen LogP contribution in [0.3, 0.4) is 0 Å². The van der Waals surface area contributed by atoms with Crippen molar-refractivity contribution in [3.63, 3.8) is 0 Å². The first-order valence-corrected chi connectivity index (χ1v) is 7.66. The first kappa shape index (κ1) is 11.7. The van der Waals surface area contributed by atoms with E-state index >= 15 is 0 Å². The van der Waals surface area contributed by atoms with Crippen molar-refractivity contribution >= 4 is 21.1 Å². The Morgan fingerprint density at radius 3 is 2.44 bits per heavy atom. The summed E-state index contributed by atoms with van der Waals surface area (Å²) in [6.45, 7) is 1.27. The predicted octanol–water partition coefficient (Wildman–Crippen LogP) is 2.22. The van der Waals surface area contributed by atoms with Crippen LogP contribution in [0.25, 0.3) is 10.9 Å². The van der Waals surface area contributed by atoms with E-state index in [1.807, 2.05) is 30.3 Å². The lowest BCUT2D eigenvalue weighted by Crippen LogP contribution is -2.38. The Balaban J connectivity index is 2.07. The Bertz CT molecular complexity index is 654. The molecule has 1 fully saturated rings. The van der Waals surface area contributed by atoms with E-state index < -0.39 is 10.2 Å². The lowest BCUT2D eigenvalue weighted by atomic mass is 10.2. The SMILES string of the molecule is O=S(=O)(N1CCCCC1)n1ccc2ccccc21. The largest absolute Gasteiger partial charge is 0.307 e. The van der Waals surface area contributed by atoms with E-state index in [0.717, 1.165) is 30.2 Å². The summed E-state index contributed by atoms with van der Waals surface area (Å²) in [5, 5.41) is 0.957. The van der Waals surface area contributed by atoms with E-state index in [0.29, 0.717) is 13.1 Å². The molecule has 0 spiro atoms.